The van der Waals surface area contributed by atoms with Gasteiger partial charge in [0.15, 0.2) is 5.69 Å². The summed E-state index contributed by atoms with van der Waals surface area (Å²) in [7, 11) is 0. The molecule has 6 nitrogen and oxygen atoms in total. The van der Waals surface area contributed by atoms with Crippen LogP contribution in [0.2, 0.25) is 5.02 Å². The van der Waals surface area contributed by atoms with Crippen molar-refractivity contribution in [2.24, 2.45) is 0 Å². The number of fused-ring (bicyclic) bond motifs is 1. The van der Waals surface area contributed by atoms with E-state index >= 15 is 0 Å². The molecule has 140 valence electrons. The van der Waals surface area contributed by atoms with Gasteiger partial charge in [0.2, 0.25) is 5.82 Å². The average molecular weight is 397 g/mol. The molecule has 28 heavy (non-hydrogen) atoms. The summed E-state index contributed by atoms with van der Waals surface area (Å²) >= 11 is 6.29. The SMILES string of the molecule is Fc1ccccc1-c1noc(-c2ncn3c2COC(c2ccccc2Cl)C3)n1. The van der Waals surface area contributed by atoms with Crippen LogP contribution < -0.4 is 0 Å². The zero-order valence-corrected chi connectivity index (χ0v) is 15.3. The van der Waals surface area contributed by atoms with Crippen molar-refractivity contribution in [3.8, 4) is 23.0 Å². The van der Waals surface area contributed by atoms with Crippen LogP contribution in [-0.4, -0.2) is 19.7 Å². The normalized spacial score (nSPS) is 16.1. The van der Waals surface area contributed by atoms with Crippen molar-refractivity contribution in [1.29, 1.82) is 0 Å². The smallest absolute Gasteiger partial charge is 0.278 e. The van der Waals surface area contributed by atoms with Crippen LogP contribution in [0.5, 0.6) is 0 Å². The molecule has 8 heteroatoms. The molecule has 0 N–H and O–H groups in total. The highest BCUT2D eigenvalue weighted by atomic mass is 35.5. The molecule has 0 spiro atoms. The average Bonchev–Trinajstić information content (AvgIpc) is 3.35. The van der Waals surface area contributed by atoms with Gasteiger partial charge >= 0.3 is 0 Å². The molecule has 2 aromatic heterocycles. The van der Waals surface area contributed by atoms with Gasteiger partial charge in [-0.2, -0.15) is 4.98 Å². The molecule has 0 bridgehead atoms. The van der Waals surface area contributed by atoms with E-state index in [1.54, 1.807) is 24.5 Å². The Balaban J connectivity index is 1.45. The number of nitrogens with zero attached hydrogens (tertiary/aromatic N) is 4. The molecule has 2 aromatic carbocycles. The van der Waals surface area contributed by atoms with Crippen LogP contribution in [0.3, 0.4) is 0 Å². The van der Waals surface area contributed by atoms with Crippen molar-refractivity contribution in [3.05, 3.63) is 77.0 Å². The number of benzene rings is 2. The molecular weight excluding hydrogens is 383 g/mol. The highest BCUT2D eigenvalue weighted by Gasteiger charge is 2.27. The quantitative estimate of drug-likeness (QED) is 0.503. The van der Waals surface area contributed by atoms with E-state index in [1.807, 2.05) is 28.8 Å². The molecule has 1 aliphatic heterocycles. The summed E-state index contributed by atoms with van der Waals surface area (Å²) in [6, 6.07) is 13.9. The summed E-state index contributed by atoms with van der Waals surface area (Å²) in [6.07, 6.45) is 1.55. The first kappa shape index (κ1) is 17.1. The second-order valence-corrected chi connectivity index (χ2v) is 6.82. The van der Waals surface area contributed by atoms with E-state index in [9.17, 15) is 4.39 Å². The lowest BCUT2D eigenvalue weighted by Crippen LogP contribution is -2.20. The van der Waals surface area contributed by atoms with E-state index in [2.05, 4.69) is 15.1 Å². The summed E-state index contributed by atoms with van der Waals surface area (Å²) in [5, 5.41) is 4.56. The fourth-order valence-corrected chi connectivity index (χ4v) is 3.56. The van der Waals surface area contributed by atoms with Crippen molar-refractivity contribution >= 4 is 11.6 Å². The van der Waals surface area contributed by atoms with E-state index in [1.165, 1.54) is 6.07 Å². The molecule has 0 fully saturated rings. The topological polar surface area (TPSA) is 66.0 Å². The first-order chi connectivity index (χ1) is 13.7. The maximum Gasteiger partial charge on any atom is 0.278 e. The lowest BCUT2D eigenvalue weighted by molar-refractivity contribution is 0.00336. The van der Waals surface area contributed by atoms with E-state index in [4.69, 9.17) is 20.9 Å². The molecule has 4 aromatic rings. The van der Waals surface area contributed by atoms with Crippen molar-refractivity contribution in [2.75, 3.05) is 0 Å². The number of ether oxygens (including phenoxy) is 1. The Labute approximate surface area is 164 Å². The molecule has 3 heterocycles. The number of rotatable bonds is 3. The van der Waals surface area contributed by atoms with Gasteiger partial charge in [-0.05, 0) is 18.2 Å². The van der Waals surface area contributed by atoms with E-state index < -0.39 is 5.82 Å². The number of hydrogen-bond acceptors (Lipinski definition) is 5. The Morgan fingerprint density at radius 3 is 2.79 bits per heavy atom. The van der Waals surface area contributed by atoms with Crippen molar-refractivity contribution in [2.45, 2.75) is 19.3 Å². The van der Waals surface area contributed by atoms with Gasteiger partial charge in [-0.15, -0.1) is 0 Å². The van der Waals surface area contributed by atoms with Crippen molar-refractivity contribution in [3.63, 3.8) is 0 Å². The summed E-state index contributed by atoms with van der Waals surface area (Å²) in [6.45, 7) is 0.892. The molecule has 1 aliphatic rings. The molecule has 0 saturated heterocycles. The largest absolute Gasteiger partial charge is 0.365 e. The van der Waals surface area contributed by atoms with Crippen molar-refractivity contribution in [1.82, 2.24) is 19.7 Å². The third-order valence-electron chi connectivity index (χ3n) is 4.73. The lowest BCUT2D eigenvalue weighted by Gasteiger charge is -2.26. The van der Waals surface area contributed by atoms with Crippen LogP contribution >= 0.6 is 11.6 Å². The Morgan fingerprint density at radius 1 is 1.11 bits per heavy atom. The highest BCUT2D eigenvalue weighted by Crippen LogP contribution is 2.34. The van der Waals surface area contributed by atoms with E-state index in [0.29, 0.717) is 23.9 Å². The van der Waals surface area contributed by atoms with Crippen LogP contribution in [-0.2, 0) is 17.9 Å². The number of imidazole rings is 1. The fourth-order valence-electron chi connectivity index (χ4n) is 3.30. The van der Waals surface area contributed by atoms with E-state index in [-0.39, 0.29) is 23.4 Å². The minimum atomic E-state index is -0.410. The summed E-state index contributed by atoms with van der Waals surface area (Å²) in [5.41, 5.74) is 2.57. The second kappa shape index (κ2) is 6.85. The minimum Gasteiger partial charge on any atom is -0.365 e. The molecule has 1 unspecified atom stereocenters. The molecule has 5 rings (SSSR count). The summed E-state index contributed by atoms with van der Waals surface area (Å²) < 4.78 is 27.3. The zero-order chi connectivity index (χ0) is 19.1. The Hall–Kier alpha value is -3.03. The number of hydrogen-bond donors (Lipinski definition) is 0. The van der Waals surface area contributed by atoms with Gasteiger partial charge in [-0.1, -0.05) is 47.1 Å². The predicted molar refractivity (Wildman–Crippen MR) is 99.9 cm³/mol. The van der Waals surface area contributed by atoms with Gasteiger partial charge in [0.1, 0.15) is 11.9 Å². The predicted octanol–water partition coefficient (Wildman–Crippen LogP) is 4.66. The van der Waals surface area contributed by atoms with Gasteiger partial charge in [0.25, 0.3) is 5.89 Å². The molecule has 0 radical (unpaired) electrons. The van der Waals surface area contributed by atoms with Crippen LogP contribution in [0.15, 0.2) is 59.4 Å². The number of halogens is 2. The standard InChI is InChI=1S/C20H14ClFN4O2/c21-14-7-3-1-5-12(14)17-9-26-11-23-18(16(26)10-27-17)20-24-19(25-28-20)13-6-2-4-8-15(13)22/h1-8,11,17H,9-10H2. The lowest BCUT2D eigenvalue weighted by atomic mass is 10.1. The summed E-state index contributed by atoms with van der Waals surface area (Å²) in [5.74, 6) is -0.0000441. The first-order valence-electron chi connectivity index (χ1n) is 8.69. The van der Waals surface area contributed by atoms with Gasteiger partial charge in [-0.3, -0.25) is 0 Å². The summed E-state index contributed by atoms with van der Waals surface area (Å²) in [4.78, 5) is 8.72. The number of aromatic nitrogens is 4. The molecule has 1 atom stereocenters. The monoisotopic (exact) mass is 396 g/mol. The molecule has 0 saturated carbocycles. The zero-order valence-electron chi connectivity index (χ0n) is 14.5. The first-order valence-corrected chi connectivity index (χ1v) is 9.07. The highest BCUT2D eigenvalue weighted by molar-refractivity contribution is 6.31. The Morgan fingerprint density at radius 2 is 1.93 bits per heavy atom. The minimum absolute atomic E-state index is 0.167. The van der Waals surface area contributed by atoms with Crippen LogP contribution in [0.4, 0.5) is 4.39 Å². The second-order valence-electron chi connectivity index (χ2n) is 6.42. The maximum atomic E-state index is 14.0. The van der Waals surface area contributed by atoms with Crippen LogP contribution in [0, 0.1) is 5.82 Å². The van der Waals surface area contributed by atoms with Gasteiger partial charge in [0.05, 0.1) is 30.7 Å². The van der Waals surface area contributed by atoms with Crippen molar-refractivity contribution < 1.29 is 13.7 Å². The Bertz CT molecular complexity index is 1160. The van der Waals surface area contributed by atoms with Crippen LogP contribution in [0.1, 0.15) is 17.4 Å². The third kappa shape index (κ3) is 2.89. The Kier molecular flexibility index (Phi) is 4.18. The molecular formula is C20H14ClFN4O2. The van der Waals surface area contributed by atoms with Gasteiger partial charge < -0.3 is 13.8 Å². The van der Waals surface area contributed by atoms with Gasteiger partial charge in [0, 0.05) is 10.6 Å². The molecule has 0 amide bonds. The van der Waals surface area contributed by atoms with Gasteiger partial charge in [-0.25, -0.2) is 9.37 Å². The van der Waals surface area contributed by atoms with Crippen LogP contribution in [0.25, 0.3) is 23.0 Å². The van der Waals surface area contributed by atoms with E-state index in [0.717, 1.165) is 11.3 Å². The third-order valence-corrected chi connectivity index (χ3v) is 5.07. The fraction of sp³-hybridized carbons (Fsp3) is 0.150. The maximum absolute atomic E-state index is 14.0. The molecule has 0 aliphatic carbocycles.